The first kappa shape index (κ1) is 36.4. The maximum absolute atomic E-state index is 15.1. The average Bonchev–Trinajstić information content (AvgIpc) is 3.01. The van der Waals surface area contributed by atoms with Crippen molar-refractivity contribution in [2.75, 3.05) is 4.72 Å². The number of benzene rings is 2. The van der Waals surface area contributed by atoms with Crippen LogP contribution in [0.2, 0.25) is 0 Å². The lowest BCUT2D eigenvalue weighted by Crippen LogP contribution is -2.43. The number of amides is 2. The van der Waals surface area contributed by atoms with Crippen molar-refractivity contribution >= 4 is 41.1 Å². The van der Waals surface area contributed by atoms with Gasteiger partial charge in [-0.25, -0.2) is 31.5 Å². The molecule has 2 aromatic carbocycles. The summed E-state index contributed by atoms with van der Waals surface area (Å²) in [5.74, 6) is -4.28. The van der Waals surface area contributed by atoms with E-state index < -0.39 is 73.2 Å². The van der Waals surface area contributed by atoms with Gasteiger partial charge in [-0.3, -0.25) is 19.1 Å². The Morgan fingerprint density at radius 2 is 1.63 bits per heavy atom. The van der Waals surface area contributed by atoms with Crippen molar-refractivity contribution in [2.24, 2.45) is 7.05 Å². The summed E-state index contributed by atoms with van der Waals surface area (Å²) in [6.45, 7) is 6.85. The van der Waals surface area contributed by atoms with Crippen LogP contribution in [0.25, 0.3) is 5.82 Å². The fraction of sp³-hybridized carbons (Fsp3) is 0.250. The molecule has 0 bridgehead atoms. The molecule has 2 radical (unpaired) electrons. The molecule has 49 heavy (non-hydrogen) atoms. The van der Waals surface area contributed by atoms with Crippen LogP contribution in [0.4, 0.5) is 14.5 Å². The summed E-state index contributed by atoms with van der Waals surface area (Å²) in [4.78, 5) is 66.2. The number of carbonyl (C=O) groups is 3. The number of anilines is 1. The molecule has 0 fully saturated rings. The van der Waals surface area contributed by atoms with Gasteiger partial charge in [-0.2, -0.15) is 0 Å². The van der Waals surface area contributed by atoms with Crippen LogP contribution in [0, 0.1) is 18.6 Å². The minimum absolute atomic E-state index is 0.00600. The van der Waals surface area contributed by atoms with Crippen molar-refractivity contribution in [3.05, 3.63) is 116 Å². The molecule has 0 saturated heterocycles. The first-order valence-corrected chi connectivity index (χ1v) is 16.0. The van der Waals surface area contributed by atoms with Crippen molar-refractivity contribution in [1.29, 1.82) is 0 Å². The van der Waals surface area contributed by atoms with Gasteiger partial charge in [-0.1, -0.05) is 6.07 Å². The molecule has 0 unspecified atom stereocenters. The first-order valence-electron chi connectivity index (χ1n) is 14.6. The molecular formula is C32H31BF2N6O7S. The maximum Gasteiger partial charge on any atom is 0.336 e. The van der Waals surface area contributed by atoms with Crippen LogP contribution in [-0.2, 0) is 28.3 Å². The van der Waals surface area contributed by atoms with Crippen molar-refractivity contribution < 1.29 is 31.6 Å². The van der Waals surface area contributed by atoms with Gasteiger partial charge in [0.05, 0.1) is 27.9 Å². The molecule has 0 saturated carbocycles. The summed E-state index contributed by atoms with van der Waals surface area (Å²) >= 11 is 0. The standard InChI is InChI=1S/C32H31BF2N6O7S/c1-17-16-40(5)31(46)41(30(17)45)26-11-6-18(15-36-26)12-25(27(33)42)37-29(44)21-13-23(35)24(14-22(21)34)39-49(47,48)20-9-7-19(8-10-20)28(43)38-32(2,3)4/h6-11,13-16,25,39H,12H2,1-5H3,(H,37,44)(H,38,43)/t25-/m0/s1. The third kappa shape index (κ3) is 8.54. The minimum Gasteiger partial charge on any atom is -0.347 e. The molecule has 0 spiro atoms. The molecule has 0 aliphatic rings. The lowest BCUT2D eigenvalue weighted by atomic mass is 9.90. The van der Waals surface area contributed by atoms with Crippen LogP contribution < -0.4 is 26.6 Å². The summed E-state index contributed by atoms with van der Waals surface area (Å²) in [6, 6.07) is 7.03. The molecular weight excluding hydrogens is 661 g/mol. The van der Waals surface area contributed by atoms with Crippen molar-refractivity contribution in [2.45, 2.75) is 50.6 Å². The smallest absolute Gasteiger partial charge is 0.336 e. The number of hydrogen-bond donors (Lipinski definition) is 3. The van der Waals surface area contributed by atoms with Crippen molar-refractivity contribution in [3.63, 3.8) is 0 Å². The second kappa shape index (κ2) is 14.0. The van der Waals surface area contributed by atoms with E-state index in [1.54, 1.807) is 20.8 Å². The second-order valence-corrected chi connectivity index (χ2v) is 13.8. The van der Waals surface area contributed by atoms with E-state index in [-0.39, 0.29) is 22.7 Å². The number of pyridine rings is 1. The number of halogens is 2. The van der Waals surface area contributed by atoms with Crippen LogP contribution in [0.3, 0.4) is 0 Å². The molecule has 2 amide bonds. The molecule has 13 nitrogen and oxygen atoms in total. The monoisotopic (exact) mass is 692 g/mol. The van der Waals surface area contributed by atoms with E-state index in [0.717, 1.165) is 16.7 Å². The van der Waals surface area contributed by atoms with Crippen LogP contribution in [0.15, 0.2) is 75.4 Å². The predicted molar refractivity (Wildman–Crippen MR) is 176 cm³/mol. The summed E-state index contributed by atoms with van der Waals surface area (Å²) in [5.41, 5.74) is -3.60. The van der Waals surface area contributed by atoms with Crippen LogP contribution in [0.5, 0.6) is 0 Å². The molecule has 17 heteroatoms. The molecule has 2 heterocycles. The second-order valence-electron chi connectivity index (χ2n) is 12.1. The number of nitrogens with one attached hydrogen (secondary N) is 3. The lowest BCUT2D eigenvalue weighted by Gasteiger charge is -2.20. The third-order valence-corrected chi connectivity index (χ3v) is 8.39. The molecule has 3 N–H and O–H groups in total. The van der Waals surface area contributed by atoms with Crippen LogP contribution in [-0.4, -0.2) is 59.5 Å². The van der Waals surface area contributed by atoms with E-state index in [1.807, 2.05) is 4.72 Å². The van der Waals surface area contributed by atoms with Crippen LogP contribution in [0.1, 0.15) is 52.6 Å². The Morgan fingerprint density at radius 3 is 2.20 bits per heavy atom. The van der Waals surface area contributed by atoms with Gasteiger partial charge in [-0.05, 0) is 69.7 Å². The zero-order valence-electron chi connectivity index (χ0n) is 27.0. The summed E-state index contributed by atoms with van der Waals surface area (Å²) in [7, 11) is 2.46. The molecule has 0 aliphatic heterocycles. The fourth-order valence-electron chi connectivity index (χ4n) is 4.59. The third-order valence-electron chi connectivity index (χ3n) is 7.01. The van der Waals surface area contributed by atoms with Gasteiger partial charge in [0.2, 0.25) is 0 Å². The highest BCUT2D eigenvalue weighted by atomic mass is 32.2. The quantitative estimate of drug-likeness (QED) is 0.211. The van der Waals surface area contributed by atoms with E-state index in [9.17, 15) is 32.4 Å². The van der Waals surface area contributed by atoms with Gasteiger partial charge in [-0.15, -0.1) is 0 Å². The Labute approximate surface area is 280 Å². The van der Waals surface area contributed by atoms with E-state index in [2.05, 4.69) is 15.6 Å². The SMILES string of the molecule is [B]C(=O)[C@H](Cc1ccc(-n2c(=O)c(C)cn(C)c2=O)nc1)NC(=O)c1cc(F)c(NS(=O)(=O)c2ccc(C(=O)NC(C)(C)C)cc2)cc1F. The number of rotatable bonds is 10. The average molecular weight is 693 g/mol. The highest BCUT2D eigenvalue weighted by Crippen LogP contribution is 2.24. The van der Waals surface area contributed by atoms with E-state index in [1.165, 1.54) is 55.2 Å². The minimum atomic E-state index is -4.45. The van der Waals surface area contributed by atoms with Gasteiger partial charge in [0.15, 0.2) is 7.85 Å². The molecule has 254 valence electrons. The molecule has 0 aliphatic carbocycles. The fourth-order valence-corrected chi connectivity index (χ4v) is 5.65. The Bertz CT molecular complexity index is 2150. The van der Waals surface area contributed by atoms with Gasteiger partial charge in [0.1, 0.15) is 17.5 Å². The van der Waals surface area contributed by atoms with Gasteiger partial charge < -0.3 is 20.0 Å². The number of aryl methyl sites for hydroxylation is 2. The molecule has 4 aromatic rings. The highest BCUT2D eigenvalue weighted by molar-refractivity contribution is 7.92. The summed E-state index contributed by atoms with van der Waals surface area (Å²) in [6.07, 6.45) is 2.39. The van der Waals surface area contributed by atoms with E-state index in [4.69, 9.17) is 7.85 Å². The van der Waals surface area contributed by atoms with E-state index >= 15 is 8.78 Å². The lowest BCUT2D eigenvalue weighted by molar-refractivity contribution is -0.113. The Kier molecular flexibility index (Phi) is 10.4. The zero-order valence-corrected chi connectivity index (χ0v) is 27.8. The molecule has 4 rings (SSSR count). The van der Waals surface area contributed by atoms with Crippen molar-refractivity contribution in [3.8, 4) is 5.82 Å². The Morgan fingerprint density at radius 1 is 0.980 bits per heavy atom. The first-order chi connectivity index (χ1) is 22.8. The van der Waals surface area contributed by atoms with Gasteiger partial charge in [0.25, 0.3) is 27.4 Å². The molecule has 2 aromatic heterocycles. The van der Waals surface area contributed by atoms with Gasteiger partial charge >= 0.3 is 5.69 Å². The maximum atomic E-state index is 15.1. The normalized spacial score (nSPS) is 12.2. The topological polar surface area (TPSA) is 178 Å². The number of nitrogens with zero attached hydrogens (tertiary/aromatic N) is 3. The van der Waals surface area contributed by atoms with Crippen LogP contribution >= 0.6 is 0 Å². The Hall–Kier alpha value is -5.45. The highest BCUT2D eigenvalue weighted by Gasteiger charge is 2.25. The summed E-state index contributed by atoms with van der Waals surface area (Å²) < 4.78 is 59.8. The number of carbonyl (C=O) groups excluding carboxylic acids is 3. The zero-order chi connectivity index (χ0) is 36.4. The van der Waals surface area contributed by atoms with Crippen molar-refractivity contribution in [1.82, 2.24) is 24.8 Å². The number of aromatic nitrogens is 3. The largest absolute Gasteiger partial charge is 0.347 e. The van der Waals surface area contributed by atoms with E-state index in [0.29, 0.717) is 23.3 Å². The number of sulfonamides is 1. The van der Waals surface area contributed by atoms with Gasteiger partial charge in [0, 0.05) is 48.6 Å². The number of hydrogen-bond acceptors (Lipinski definition) is 8. The molecule has 1 atom stereocenters. The summed E-state index contributed by atoms with van der Waals surface area (Å²) in [5, 5.41) is 4.95. The Balaban J connectivity index is 1.48. The predicted octanol–water partition coefficient (Wildman–Crippen LogP) is 1.88.